The predicted octanol–water partition coefficient (Wildman–Crippen LogP) is -1.26. The first-order chi connectivity index (χ1) is 7.93. The van der Waals surface area contributed by atoms with Crippen molar-refractivity contribution in [1.29, 1.82) is 0 Å². The molecule has 1 aliphatic heterocycles. The zero-order valence-corrected chi connectivity index (χ0v) is 8.54. The van der Waals surface area contributed by atoms with E-state index in [2.05, 4.69) is 5.32 Å². The number of amides is 3. The molecule has 1 heterocycles. The van der Waals surface area contributed by atoms with Gasteiger partial charge in [0.05, 0.1) is 5.56 Å². The number of urea groups is 1. The number of nitrogens with one attached hydrogen (secondary N) is 2. The Morgan fingerprint density at radius 2 is 1.82 bits per heavy atom. The van der Waals surface area contributed by atoms with Gasteiger partial charge in [0, 0.05) is 0 Å². The molecule has 90 valence electrons. The van der Waals surface area contributed by atoms with Gasteiger partial charge in [-0.2, -0.15) is 0 Å². The monoisotopic (exact) mass is 238 g/mol. The van der Waals surface area contributed by atoms with E-state index in [1.807, 2.05) is 5.32 Å². The van der Waals surface area contributed by atoms with Gasteiger partial charge in [-0.3, -0.25) is 10.1 Å². The molecule has 1 fully saturated rings. The zero-order valence-electron chi connectivity index (χ0n) is 8.54. The van der Waals surface area contributed by atoms with E-state index in [0.717, 1.165) is 0 Å². The number of rotatable bonds is 2. The van der Waals surface area contributed by atoms with Gasteiger partial charge in [-0.25, -0.2) is 4.79 Å². The normalized spacial score (nSPS) is 20.0. The van der Waals surface area contributed by atoms with Gasteiger partial charge in [-0.05, 0) is 12.1 Å². The van der Waals surface area contributed by atoms with Gasteiger partial charge in [0.25, 0.3) is 5.91 Å². The molecule has 0 radical (unpaired) electrons. The number of aromatic hydroxyl groups is 1. The first kappa shape index (κ1) is 11.4. The van der Waals surface area contributed by atoms with E-state index < -0.39 is 23.8 Å². The van der Waals surface area contributed by atoms with Crippen LogP contribution in [0.25, 0.3) is 0 Å². The molecule has 1 unspecified atom stereocenters. The lowest BCUT2D eigenvalue weighted by molar-refractivity contribution is -0.190. The maximum Gasteiger partial charge on any atom is 0.322 e. The third-order valence-corrected chi connectivity index (χ3v) is 2.48. The Hall–Kier alpha value is -2.12. The van der Waals surface area contributed by atoms with Crippen LogP contribution in [0.2, 0.25) is 0 Å². The van der Waals surface area contributed by atoms with Crippen molar-refractivity contribution in [1.82, 2.24) is 10.6 Å². The van der Waals surface area contributed by atoms with Crippen LogP contribution in [0.3, 0.4) is 0 Å². The number of para-hydroxylation sites is 1. The summed E-state index contributed by atoms with van der Waals surface area (Å²) < 4.78 is 0. The summed E-state index contributed by atoms with van der Waals surface area (Å²) in [6, 6.07) is 3.05. The minimum atomic E-state index is -2.68. The highest BCUT2D eigenvalue weighted by atomic mass is 16.5. The van der Waals surface area contributed by atoms with Gasteiger partial charge in [-0.15, -0.1) is 0 Å². The molecule has 1 atom stereocenters. The standard InChI is InChI=1S/C10H10N2O5/c13-6-4-2-1-3-5(6)10(16,17)7-8(14)12-9(15)11-7/h1-4,7,13,16-17H,(H2,11,12,14,15). The van der Waals surface area contributed by atoms with Gasteiger partial charge in [-0.1, -0.05) is 12.1 Å². The van der Waals surface area contributed by atoms with Crippen LogP contribution in [0.5, 0.6) is 5.75 Å². The number of hydrogen-bond donors (Lipinski definition) is 5. The maximum absolute atomic E-state index is 11.3. The highest BCUT2D eigenvalue weighted by Gasteiger charge is 2.48. The van der Waals surface area contributed by atoms with Gasteiger partial charge < -0.3 is 20.6 Å². The van der Waals surface area contributed by atoms with Crippen molar-refractivity contribution in [2.45, 2.75) is 11.8 Å². The Morgan fingerprint density at radius 1 is 1.18 bits per heavy atom. The third-order valence-electron chi connectivity index (χ3n) is 2.48. The van der Waals surface area contributed by atoms with Crippen molar-refractivity contribution in [3.63, 3.8) is 0 Å². The second-order valence-electron chi connectivity index (χ2n) is 3.64. The van der Waals surface area contributed by atoms with E-state index in [0.29, 0.717) is 0 Å². The summed E-state index contributed by atoms with van der Waals surface area (Å²) in [5.41, 5.74) is -0.262. The molecule has 1 aromatic carbocycles. The van der Waals surface area contributed by atoms with Gasteiger partial charge >= 0.3 is 6.03 Å². The Kier molecular flexibility index (Phi) is 2.49. The lowest BCUT2D eigenvalue weighted by Gasteiger charge is -2.26. The van der Waals surface area contributed by atoms with Crippen molar-refractivity contribution in [3.05, 3.63) is 29.8 Å². The van der Waals surface area contributed by atoms with E-state index in [4.69, 9.17) is 0 Å². The molecule has 3 amide bonds. The highest BCUT2D eigenvalue weighted by molar-refractivity contribution is 6.04. The van der Waals surface area contributed by atoms with Crippen LogP contribution >= 0.6 is 0 Å². The summed E-state index contributed by atoms with van der Waals surface area (Å²) in [7, 11) is 0. The van der Waals surface area contributed by atoms with E-state index in [1.165, 1.54) is 24.3 Å². The fourth-order valence-corrected chi connectivity index (χ4v) is 1.64. The Balaban J connectivity index is 2.40. The van der Waals surface area contributed by atoms with Crippen LogP contribution < -0.4 is 10.6 Å². The molecule has 7 heteroatoms. The Morgan fingerprint density at radius 3 is 2.35 bits per heavy atom. The highest BCUT2D eigenvalue weighted by Crippen LogP contribution is 2.30. The van der Waals surface area contributed by atoms with Crippen molar-refractivity contribution < 1.29 is 24.9 Å². The van der Waals surface area contributed by atoms with Crippen LogP contribution in [-0.4, -0.2) is 33.3 Å². The number of carbonyl (C=O) groups excluding carboxylic acids is 2. The molecule has 0 spiro atoms. The largest absolute Gasteiger partial charge is 0.507 e. The molecule has 1 aliphatic rings. The molecule has 5 N–H and O–H groups in total. The summed E-state index contributed by atoms with van der Waals surface area (Å²) in [4.78, 5) is 22.2. The van der Waals surface area contributed by atoms with Crippen molar-refractivity contribution in [3.8, 4) is 5.75 Å². The van der Waals surface area contributed by atoms with Crippen molar-refractivity contribution >= 4 is 11.9 Å². The molecule has 0 aliphatic carbocycles. The minimum absolute atomic E-state index is 0.262. The quantitative estimate of drug-likeness (QED) is 0.325. The number of imide groups is 1. The van der Waals surface area contributed by atoms with E-state index in [9.17, 15) is 24.9 Å². The molecule has 2 rings (SSSR count). The van der Waals surface area contributed by atoms with Crippen LogP contribution in [-0.2, 0) is 10.6 Å². The fourth-order valence-electron chi connectivity index (χ4n) is 1.64. The minimum Gasteiger partial charge on any atom is -0.507 e. The number of aliphatic hydroxyl groups is 2. The van der Waals surface area contributed by atoms with Crippen LogP contribution in [0.15, 0.2) is 24.3 Å². The summed E-state index contributed by atoms with van der Waals surface area (Å²) in [6.45, 7) is 0. The third kappa shape index (κ3) is 1.81. The molecular weight excluding hydrogens is 228 g/mol. The molecule has 17 heavy (non-hydrogen) atoms. The molecule has 0 saturated carbocycles. The maximum atomic E-state index is 11.3. The Bertz CT molecular complexity index is 485. The average molecular weight is 238 g/mol. The molecule has 1 aromatic rings. The second kappa shape index (κ2) is 3.72. The van der Waals surface area contributed by atoms with E-state index in [-0.39, 0.29) is 11.3 Å². The van der Waals surface area contributed by atoms with Crippen molar-refractivity contribution in [2.75, 3.05) is 0 Å². The van der Waals surface area contributed by atoms with Crippen molar-refractivity contribution in [2.24, 2.45) is 0 Å². The zero-order chi connectivity index (χ0) is 12.6. The first-order valence-electron chi connectivity index (χ1n) is 4.77. The van der Waals surface area contributed by atoms with Crippen LogP contribution in [0, 0.1) is 0 Å². The Labute approximate surface area is 95.7 Å². The lowest BCUT2D eigenvalue weighted by Crippen LogP contribution is -2.49. The SMILES string of the molecule is O=C1NC(=O)C(C(O)(O)c2ccccc2O)N1. The predicted molar refractivity (Wildman–Crippen MR) is 54.7 cm³/mol. The molecule has 0 bridgehead atoms. The van der Waals surface area contributed by atoms with E-state index in [1.54, 1.807) is 0 Å². The number of carbonyl (C=O) groups is 2. The van der Waals surface area contributed by atoms with E-state index >= 15 is 0 Å². The van der Waals surface area contributed by atoms with Crippen LogP contribution in [0.4, 0.5) is 4.79 Å². The molecule has 0 aromatic heterocycles. The summed E-state index contributed by atoms with van der Waals surface area (Å²) >= 11 is 0. The second-order valence-corrected chi connectivity index (χ2v) is 3.64. The van der Waals surface area contributed by atoms with Gasteiger partial charge in [0.1, 0.15) is 5.75 Å². The summed E-state index contributed by atoms with van der Waals surface area (Å²) in [6.07, 6.45) is 0. The smallest absolute Gasteiger partial charge is 0.322 e. The first-order valence-corrected chi connectivity index (χ1v) is 4.77. The number of phenolic OH excluding ortho intramolecular Hbond substituents is 1. The fraction of sp³-hybridized carbons (Fsp3) is 0.200. The summed E-state index contributed by atoms with van der Waals surface area (Å²) in [5.74, 6) is -3.93. The van der Waals surface area contributed by atoms with Crippen LogP contribution in [0.1, 0.15) is 5.56 Å². The molecular formula is C10H10N2O5. The summed E-state index contributed by atoms with van der Waals surface area (Å²) in [5, 5.41) is 33.2. The number of hydrogen-bond acceptors (Lipinski definition) is 5. The molecule has 1 saturated heterocycles. The molecule has 7 nitrogen and oxygen atoms in total. The average Bonchev–Trinajstić information content (AvgIpc) is 2.59. The lowest BCUT2D eigenvalue weighted by atomic mass is 9.97. The van der Waals surface area contributed by atoms with Gasteiger partial charge in [0.2, 0.25) is 5.79 Å². The topological polar surface area (TPSA) is 119 Å². The van der Waals surface area contributed by atoms with Gasteiger partial charge in [0.15, 0.2) is 6.04 Å². The number of benzene rings is 1. The number of phenols is 1.